The number of amides is 1. The number of aryl methyl sites for hydroxylation is 4. The van der Waals surface area contributed by atoms with E-state index >= 15 is 0 Å². The molecular weight excluding hydrogens is 472 g/mol. The fraction of sp³-hybridized carbons (Fsp3) is 0.207. The lowest BCUT2D eigenvalue weighted by Gasteiger charge is -2.23. The van der Waals surface area contributed by atoms with Crippen LogP contribution in [0.5, 0.6) is 5.75 Å². The van der Waals surface area contributed by atoms with E-state index in [-0.39, 0.29) is 11.3 Å². The van der Waals surface area contributed by atoms with Gasteiger partial charge in [-0.15, -0.1) is 0 Å². The molecule has 1 saturated heterocycles. The molecule has 7 heteroatoms. The van der Waals surface area contributed by atoms with Crippen molar-refractivity contribution in [3.63, 3.8) is 0 Å². The molecule has 2 heterocycles. The van der Waals surface area contributed by atoms with Crippen molar-refractivity contribution < 1.29 is 19.4 Å². The number of ketones is 1. The summed E-state index contributed by atoms with van der Waals surface area (Å²) in [7, 11) is 1.58. The highest BCUT2D eigenvalue weighted by molar-refractivity contribution is 7.22. The summed E-state index contributed by atoms with van der Waals surface area (Å²) >= 11 is 1.37. The number of aromatic nitrogens is 1. The van der Waals surface area contributed by atoms with Gasteiger partial charge in [0.25, 0.3) is 5.78 Å². The summed E-state index contributed by atoms with van der Waals surface area (Å²) in [6, 6.07) is 16.1. The van der Waals surface area contributed by atoms with Crippen LogP contribution in [-0.4, -0.2) is 28.9 Å². The van der Waals surface area contributed by atoms with Gasteiger partial charge in [-0.3, -0.25) is 14.5 Å². The number of carbonyl (C=O) groups is 2. The number of carbonyl (C=O) groups excluding carboxylic acids is 2. The molecular formula is C29H26N2O4S. The number of Topliss-reactive ketones (excluding diaryl/α,β-unsaturated/α-hetero) is 1. The number of thiazole rings is 1. The first-order valence-electron chi connectivity index (χ1n) is 11.6. The molecule has 0 spiro atoms. The van der Waals surface area contributed by atoms with E-state index in [0.29, 0.717) is 16.4 Å². The smallest absolute Gasteiger partial charge is 0.301 e. The highest BCUT2D eigenvalue weighted by Crippen LogP contribution is 2.45. The Morgan fingerprint density at radius 3 is 2.33 bits per heavy atom. The Bertz CT molecular complexity index is 1570. The predicted octanol–water partition coefficient (Wildman–Crippen LogP) is 6.16. The number of aliphatic hydroxyl groups is 1. The van der Waals surface area contributed by atoms with Crippen LogP contribution in [0.2, 0.25) is 0 Å². The van der Waals surface area contributed by atoms with Crippen LogP contribution in [0.3, 0.4) is 0 Å². The Morgan fingerprint density at radius 1 is 0.944 bits per heavy atom. The van der Waals surface area contributed by atoms with Gasteiger partial charge in [0.05, 0.1) is 28.9 Å². The van der Waals surface area contributed by atoms with Crippen LogP contribution in [0, 0.1) is 27.7 Å². The molecule has 1 aromatic heterocycles. The fourth-order valence-electron chi connectivity index (χ4n) is 4.74. The van der Waals surface area contributed by atoms with Gasteiger partial charge in [-0.1, -0.05) is 47.2 Å². The molecule has 4 aromatic rings. The normalized spacial score (nSPS) is 17.2. The summed E-state index contributed by atoms with van der Waals surface area (Å²) in [6.45, 7) is 7.83. The Hall–Kier alpha value is -3.97. The molecule has 1 atom stereocenters. The van der Waals surface area contributed by atoms with Crippen LogP contribution in [0.15, 0.2) is 60.2 Å². The number of aliphatic hydroxyl groups excluding tert-OH is 1. The van der Waals surface area contributed by atoms with E-state index in [1.54, 1.807) is 25.3 Å². The highest BCUT2D eigenvalue weighted by Gasteiger charge is 2.48. The maximum atomic E-state index is 13.5. The molecule has 0 bridgehead atoms. The minimum absolute atomic E-state index is 0.0422. The van der Waals surface area contributed by atoms with Crippen LogP contribution < -0.4 is 9.64 Å². The SMILES string of the molecule is COc1ccc(/C(O)=C2\C(=O)C(=O)N(c3nc4c(C)cc(C)cc4s3)[C@@H]2c2ccc(C)cc2)cc1C. The Balaban J connectivity index is 1.73. The van der Waals surface area contributed by atoms with Gasteiger partial charge in [0.1, 0.15) is 11.5 Å². The van der Waals surface area contributed by atoms with E-state index in [0.717, 1.165) is 38.0 Å². The largest absolute Gasteiger partial charge is 0.507 e. The van der Waals surface area contributed by atoms with E-state index in [2.05, 4.69) is 0 Å². The molecule has 6 nitrogen and oxygen atoms in total. The number of hydrogen-bond acceptors (Lipinski definition) is 6. The third kappa shape index (κ3) is 3.85. The average molecular weight is 499 g/mol. The lowest BCUT2D eigenvalue weighted by atomic mass is 9.94. The van der Waals surface area contributed by atoms with Crippen molar-refractivity contribution >= 4 is 44.1 Å². The van der Waals surface area contributed by atoms with Gasteiger partial charge in [0.2, 0.25) is 0 Å². The predicted molar refractivity (Wildman–Crippen MR) is 143 cm³/mol. The van der Waals surface area contributed by atoms with Crippen molar-refractivity contribution in [1.82, 2.24) is 4.98 Å². The molecule has 1 amide bonds. The summed E-state index contributed by atoms with van der Waals surface area (Å²) in [5.41, 5.74) is 5.97. The van der Waals surface area contributed by atoms with E-state index in [4.69, 9.17) is 9.72 Å². The monoisotopic (exact) mass is 498 g/mol. The van der Waals surface area contributed by atoms with E-state index in [1.807, 2.05) is 64.1 Å². The number of anilines is 1. The number of ether oxygens (including phenoxy) is 1. The van der Waals surface area contributed by atoms with E-state index in [9.17, 15) is 14.7 Å². The fourth-order valence-corrected chi connectivity index (χ4v) is 5.91. The van der Waals surface area contributed by atoms with Crippen LogP contribution in [0.1, 0.15) is 39.4 Å². The number of benzene rings is 3. The number of hydrogen-bond donors (Lipinski definition) is 1. The maximum Gasteiger partial charge on any atom is 0.301 e. The Kier molecular flexibility index (Phi) is 5.88. The standard InChI is InChI=1S/C29H26N2O4S/c1-15-6-8-19(9-7-15)25-23(26(32)20-10-11-21(35-5)17(3)14-20)27(33)28(34)31(25)29-30-24-18(4)12-16(2)13-22(24)36-29/h6-14,25,32H,1-5H3/b26-23+/t25-/m1/s1. The third-order valence-corrected chi connectivity index (χ3v) is 7.53. The van der Waals surface area contributed by atoms with Gasteiger partial charge < -0.3 is 9.84 Å². The van der Waals surface area contributed by atoms with Gasteiger partial charge in [0.15, 0.2) is 5.13 Å². The lowest BCUT2D eigenvalue weighted by molar-refractivity contribution is -0.132. The quantitative estimate of drug-likeness (QED) is 0.207. The highest BCUT2D eigenvalue weighted by atomic mass is 32.1. The molecule has 1 aliphatic heterocycles. The van der Waals surface area contributed by atoms with Gasteiger partial charge in [-0.2, -0.15) is 0 Å². The molecule has 182 valence electrons. The lowest BCUT2D eigenvalue weighted by Crippen LogP contribution is -2.29. The van der Waals surface area contributed by atoms with Crippen LogP contribution in [0.25, 0.3) is 16.0 Å². The maximum absolute atomic E-state index is 13.5. The van der Waals surface area contributed by atoms with Crippen molar-refractivity contribution in [2.45, 2.75) is 33.7 Å². The van der Waals surface area contributed by atoms with Gasteiger partial charge in [-0.05, 0) is 74.2 Å². The van der Waals surface area contributed by atoms with Crippen molar-refractivity contribution in [2.24, 2.45) is 0 Å². The molecule has 5 rings (SSSR count). The van der Waals surface area contributed by atoms with Gasteiger partial charge in [-0.25, -0.2) is 4.98 Å². The Labute approximate surface area is 213 Å². The molecule has 36 heavy (non-hydrogen) atoms. The molecule has 0 unspecified atom stereocenters. The summed E-state index contributed by atoms with van der Waals surface area (Å²) < 4.78 is 6.28. The molecule has 1 N–H and O–H groups in total. The van der Waals surface area contributed by atoms with Crippen LogP contribution >= 0.6 is 11.3 Å². The zero-order chi connectivity index (χ0) is 25.7. The zero-order valence-corrected chi connectivity index (χ0v) is 21.6. The third-order valence-electron chi connectivity index (χ3n) is 6.53. The number of nitrogens with zero attached hydrogens (tertiary/aromatic N) is 2. The second-order valence-electron chi connectivity index (χ2n) is 9.19. The van der Waals surface area contributed by atoms with E-state index in [1.165, 1.54) is 16.2 Å². The molecule has 1 fully saturated rings. The minimum atomic E-state index is -0.810. The minimum Gasteiger partial charge on any atom is -0.507 e. The van der Waals surface area contributed by atoms with Crippen LogP contribution in [-0.2, 0) is 9.59 Å². The van der Waals surface area contributed by atoms with Crippen LogP contribution in [0.4, 0.5) is 5.13 Å². The second kappa shape index (κ2) is 8.91. The van der Waals surface area contributed by atoms with Crippen molar-refractivity contribution in [3.05, 3.63) is 93.6 Å². The number of methoxy groups -OCH3 is 1. The Morgan fingerprint density at radius 2 is 1.67 bits per heavy atom. The van der Waals surface area contributed by atoms with Gasteiger partial charge >= 0.3 is 5.91 Å². The van der Waals surface area contributed by atoms with Gasteiger partial charge in [0, 0.05) is 5.56 Å². The number of rotatable bonds is 4. The molecule has 0 aliphatic carbocycles. The number of fused-ring (bicyclic) bond motifs is 1. The summed E-state index contributed by atoms with van der Waals surface area (Å²) in [4.78, 5) is 33.1. The first kappa shape index (κ1) is 23.8. The molecule has 3 aromatic carbocycles. The first-order valence-corrected chi connectivity index (χ1v) is 12.4. The van der Waals surface area contributed by atoms with Crippen molar-refractivity contribution in [3.8, 4) is 5.75 Å². The zero-order valence-electron chi connectivity index (χ0n) is 20.7. The van der Waals surface area contributed by atoms with E-state index < -0.39 is 17.7 Å². The summed E-state index contributed by atoms with van der Waals surface area (Å²) in [6.07, 6.45) is 0. The first-order chi connectivity index (χ1) is 17.2. The topological polar surface area (TPSA) is 79.7 Å². The summed E-state index contributed by atoms with van der Waals surface area (Å²) in [5.74, 6) is -0.998. The molecule has 0 radical (unpaired) electrons. The van der Waals surface area contributed by atoms with Crippen molar-refractivity contribution in [2.75, 3.05) is 12.0 Å². The second-order valence-corrected chi connectivity index (χ2v) is 10.2. The van der Waals surface area contributed by atoms with Crippen molar-refractivity contribution in [1.29, 1.82) is 0 Å². The summed E-state index contributed by atoms with van der Waals surface area (Å²) in [5, 5.41) is 11.8. The molecule has 0 saturated carbocycles. The average Bonchev–Trinajstić information content (AvgIpc) is 3.38. The molecule has 1 aliphatic rings.